The number of carbonyl (C=O) groups excluding carboxylic acids is 1. The normalized spacial score (nSPS) is 11.4. The summed E-state index contributed by atoms with van der Waals surface area (Å²) in [5.74, 6) is 0. The Kier molecular flexibility index (Phi) is 7.30. The molecule has 0 aliphatic rings. The molecule has 0 aromatic carbocycles. The summed E-state index contributed by atoms with van der Waals surface area (Å²) in [7, 11) is 0. The molecule has 0 radical (unpaired) electrons. The lowest BCUT2D eigenvalue weighted by atomic mass is 10.2. The fourth-order valence-corrected chi connectivity index (χ4v) is 1.44. The maximum absolute atomic E-state index is 11.4. The summed E-state index contributed by atoms with van der Waals surface area (Å²) in [5, 5.41) is 2.72. The highest BCUT2D eigenvalue weighted by atomic mass is 32.1. The van der Waals surface area contributed by atoms with Gasteiger partial charge in [0.25, 0.3) is 0 Å². The predicted octanol–water partition coefficient (Wildman–Crippen LogP) is 2.28. The van der Waals surface area contributed by atoms with Crippen molar-refractivity contribution in [1.82, 2.24) is 10.2 Å². The van der Waals surface area contributed by atoms with E-state index < -0.39 is 5.60 Å². The lowest BCUT2D eigenvalue weighted by Gasteiger charge is -2.22. The Morgan fingerprint density at radius 1 is 1.47 bits per heavy atom. The molecule has 0 spiro atoms. The van der Waals surface area contributed by atoms with Gasteiger partial charge in [0.15, 0.2) is 0 Å². The van der Waals surface area contributed by atoms with E-state index in [1.807, 2.05) is 20.8 Å². The summed E-state index contributed by atoms with van der Waals surface area (Å²) in [6, 6.07) is 0. The van der Waals surface area contributed by atoms with Crippen molar-refractivity contribution >= 4 is 18.7 Å². The van der Waals surface area contributed by atoms with Crippen molar-refractivity contribution in [3.63, 3.8) is 0 Å². The predicted molar refractivity (Wildman–Crippen MR) is 74.5 cm³/mol. The molecule has 17 heavy (non-hydrogen) atoms. The van der Waals surface area contributed by atoms with Crippen molar-refractivity contribution in [2.24, 2.45) is 0 Å². The second kappa shape index (κ2) is 7.61. The summed E-state index contributed by atoms with van der Waals surface area (Å²) < 4.78 is 5.13. The second-order valence-electron chi connectivity index (χ2n) is 4.86. The van der Waals surface area contributed by atoms with E-state index in [0.717, 1.165) is 24.5 Å². The molecular weight excluding hydrogens is 236 g/mol. The molecule has 0 aromatic heterocycles. The SMILES string of the molecule is C=C(S)CN(CC)CCNC(=O)OC(C)(C)C. The third-order valence-corrected chi connectivity index (χ3v) is 2.09. The molecule has 0 fully saturated rings. The number of hydrogen-bond donors (Lipinski definition) is 2. The molecule has 0 bridgehead atoms. The van der Waals surface area contributed by atoms with Crippen LogP contribution in [0.2, 0.25) is 0 Å². The van der Waals surface area contributed by atoms with Gasteiger partial charge in [-0.05, 0) is 32.2 Å². The van der Waals surface area contributed by atoms with Crippen molar-refractivity contribution in [3.05, 3.63) is 11.5 Å². The van der Waals surface area contributed by atoms with Crippen LogP contribution < -0.4 is 5.32 Å². The van der Waals surface area contributed by atoms with Gasteiger partial charge in [-0.15, -0.1) is 12.6 Å². The maximum atomic E-state index is 11.4. The van der Waals surface area contributed by atoms with Gasteiger partial charge in [-0.25, -0.2) is 4.79 Å². The Labute approximate surface area is 110 Å². The van der Waals surface area contributed by atoms with Crippen LogP contribution >= 0.6 is 12.6 Å². The van der Waals surface area contributed by atoms with Gasteiger partial charge in [0.1, 0.15) is 5.60 Å². The molecule has 0 rings (SSSR count). The van der Waals surface area contributed by atoms with Crippen LogP contribution in [0.4, 0.5) is 4.79 Å². The van der Waals surface area contributed by atoms with Crippen LogP contribution in [0.25, 0.3) is 0 Å². The Morgan fingerprint density at radius 2 is 2.06 bits per heavy atom. The van der Waals surface area contributed by atoms with Gasteiger partial charge in [-0.3, -0.25) is 4.90 Å². The second-order valence-corrected chi connectivity index (χ2v) is 5.50. The minimum Gasteiger partial charge on any atom is -0.444 e. The smallest absolute Gasteiger partial charge is 0.407 e. The quantitative estimate of drug-likeness (QED) is 0.720. The van der Waals surface area contributed by atoms with Gasteiger partial charge in [-0.2, -0.15) is 0 Å². The number of rotatable bonds is 6. The lowest BCUT2D eigenvalue weighted by molar-refractivity contribution is 0.0523. The van der Waals surface area contributed by atoms with Gasteiger partial charge in [0, 0.05) is 19.6 Å². The number of likely N-dealkylation sites (N-methyl/N-ethyl adjacent to an activating group) is 1. The van der Waals surface area contributed by atoms with Gasteiger partial charge in [0.2, 0.25) is 0 Å². The molecule has 0 aliphatic heterocycles. The molecule has 5 heteroatoms. The largest absolute Gasteiger partial charge is 0.444 e. The van der Waals surface area contributed by atoms with Crippen molar-refractivity contribution in [1.29, 1.82) is 0 Å². The molecule has 1 amide bonds. The number of ether oxygens (including phenoxy) is 1. The lowest BCUT2D eigenvalue weighted by Crippen LogP contribution is -2.38. The minimum atomic E-state index is -0.450. The average Bonchev–Trinajstić information content (AvgIpc) is 2.12. The zero-order valence-electron chi connectivity index (χ0n) is 11.2. The Hall–Kier alpha value is -0.680. The number of nitrogens with zero attached hydrogens (tertiary/aromatic N) is 1. The van der Waals surface area contributed by atoms with E-state index in [-0.39, 0.29) is 6.09 Å². The maximum Gasteiger partial charge on any atom is 0.407 e. The zero-order valence-corrected chi connectivity index (χ0v) is 12.1. The van der Waals surface area contributed by atoms with Gasteiger partial charge >= 0.3 is 6.09 Å². The number of thiol groups is 1. The first-order valence-electron chi connectivity index (χ1n) is 5.80. The molecule has 0 heterocycles. The monoisotopic (exact) mass is 260 g/mol. The van der Waals surface area contributed by atoms with Crippen LogP contribution in [0, 0.1) is 0 Å². The van der Waals surface area contributed by atoms with E-state index in [0.29, 0.717) is 6.54 Å². The number of amides is 1. The van der Waals surface area contributed by atoms with Crippen molar-refractivity contribution < 1.29 is 9.53 Å². The van der Waals surface area contributed by atoms with E-state index in [1.165, 1.54) is 0 Å². The Morgan fingerprint density at radius 3 is 2.47 bits per heavy atom. The number of hydrogen-bond acceptors (Lipinski definition) is 4. The third-order valence-electron chi connectivity index (χ3n) is 1.95. The van der Waals surface area contributed by atoms with Crippen LogP contribution in [-0.2, 0) is 4.74 Å². The number of carbonyl (C=O) groups is 1. The Bertz CT molecular complexity index is 262. The highest BCUT2D eigenvalue weighted by Gasteiger charge is 2.15. The molecule has 0 unspecified atom stereocenters. The molecule has 0 saturated carbocycles. The van der Waals surface area contributed by atoms with Gasteiger partial charge < -0.3 is 10.1 Å². The molecular formula is C12H24N2O2S. The van der Waals surface area contributed by atoms with E-state index >= 15 is 0 Å². The first-order valence-corrected chi connectivity index (χ1v) is 6.25. The van der Waals surface area contributed by atoms with Crippen LogP contribution in [0.1, 0.15) is 27.7 Å². The van der Waals surface area contributed by atoms with Crippen LogP contribution in [0.5, 0.6) is 0 Å². The summed E-state index contributed by atoms with van der Waals surface area (Å²) in [5.41, 5.74) is -0.450. The van der Waals surface area contributed by atoms with E-state index in [4.69, 9.17) is 4.74 Å². The van der Waals surface area contributed by atoms with E-state index in [2.05, 4.69) is 36.3 Å². The molecule has 0 aliphatic carbocycles. The molecule has 100 valence electrons. The topological polar surface area (TPSA) is 41.6 Å². The fourth-order valence-electron chi connectivity index (χ4n) is 1.24. The summed E-state index contributed by atoms with van der Waals surface area (Å²) in [6.45, 7) is 14.3. The molecule has 1 N–H and O–H groups in total. The summed E-state index contributed by atoms with van der Waals surface area (Å²) in [6.07, 6.45) is -0.377. The third kappa shape index (κ3) is 10.2. The Balaban J connectivity index is 3.81. The van der Waals surface area contributed by atoms with E-state index in [1.54, 1.807) is 0 Å². The van der Waals surface area contributed by atoms with Crippen molar-refractivity contribution in [2.45, 2.75) is 33.3 Å². The summed E-state index contributed by atoms with van der Waals surface area (Å²) in [4.78, 5) is 14.3. The van der Waals surface area contributed by atoms with Crippen LogP contribution in [0.3, 0.4) is 0 Å². The summed E-state index contributed by atoms with van der Waals surface area (Å²) >= 11 is 4.16. The number of nitrogens with one attached hydrogen (secondary N) is 1. The molecule has 0 aromatic rings. The first kappa shape index (κ1) is 16.3. The number of alkyl carbamates (subject to hydrolysis) is 1. The van der Waals surface area contributed by atoms with Crippen LogP contribution in [0.15, 0.2) is 11.5 Å². The highest BCUT2D eigenvalue weighted by molar-refractivity contribution is 7.84. The first-order chi connectivity index (χ1) is 7.74. The average molecular weight is 260 g/mol. The highest BCUT2D eigenvalue weighted by Crippen LogP contribution is 2.06. The van der Waals surface area contributed by atoms with E-state index in [9.17, 15) is 4.79 Å². The molecule has 0 saturated heterocycles. The van der Waals surface area contributed by atoms with Gasteiger partial charge in [0.05, 0.1) is 0 Å². The minimum absolute atomic E-state index is 0.377. The molecule has 4 nitrogen and oxygen atoms in total. The van der Waals surface area contributed by atoms with Gasteiger partial charge in [-0.1, -0.05) is 13.5 Å². The zero-order chi connectivity index (χ0) is 13.5. The standard InChI is InChI=1S/C12H24N2O2S/c1-6-14(9-10(2)17)8-7-13-11(15)16-12(3,4)5/h17H,2,6-9H2,1,3-5H3,(H,13,15). The van der Waals surface area contributed by atoms with Crippen molar-refractivity contribution in [2.75, 3.05) is 26.2 Å². The molecule has 0 atom stereocenters. The van der Waals surface area contributed by atoms with Crippen LogP contribution in [-0.4, -0.2) is 42.8 Å². The fraction of sp³-hybridized carbons (Fsp3) is 0.750. The van der Waals surface area contributed by atoms with Crippen molar-refractivity contribution in [3.8, 4) is 0 Å².